The van der Waals surface area contributed by atoms with E-state index in [4.69, 9.17) is 0 Å². The highest BCUT2D eigenvalue weighted by Gasteiger charge is 2.32. The van der Waals surface area contributed by atoms with Gasteiger partial charge in [-0.1, -0.05) is 37.8 Å². The number of hydrogen-bond acceptors (Lipinski definition) is 2. The first-order chi connectivity index (χ1) is 9.63. The Morgan fingerprint density at radius 1 is 1.30 bits per heavy atom. The second kappa shape index (κ2) is 6.51. The minimum Gasteiger partial charge on any atom is -0.338 e. The van der Waals surface area contributed by atoms with Gasteiger partial charge in [0.05, 0.1) is 12.5 Å². The number of nitriles is 1. The van der Waals surface area contributed by atoms with Crippen LogP contribution in [-0.2, 0) is 11.2 Å². The molecule has 0 radical (unpaired) electrons. The normalized spacial score (nSPS) is 17.8. The maximum absolute atomic E-state index is 13.1. The maximum Gasteiger partial charge on any atom is 0.225 e. The predicted molar refractivity (Wildman–Crippen MR) is 74.3 cm³/mol. The molecule has 1 N–H and O–H groups in total. The summed E-state index contributed by atoms with van der Waals surface area (Å²) in [6, 6.07) is 8.29. The van der Waals surface area contributed by atoms with Gasteiger partial charge in [0.2, 0.25) is 5.91 Å². The number of hydrogen-bond donors (Lipinski definition) is 1. The van der Waals surface area contributed by atoms with Crippen LogP contribution in [0.1, 0.15) is 44.1 Å². The number of rotatable bonds is 3. The van der Waals surface area contributed by atoms with E-state index in [0.29, 0.717) is 18.4 Å². The third-order valence-corrected chi connectivity index (χ3v) is 3.80. The summed E-state index contributed by atoms with van der Waals surface area (Å²) in [6.45, 7) is 0. The van der Waals surface area contributed by atoms with Crippen LogP contribution >= 0.6 is 0 Å². The maximum atomic E-state index is 13.1. The van der Waals surface area contributed by atoms with E-state index in [1.54, 1.807) is 12.1 Å². The van der Waals surface area contributed by atoms with E-state index >= 15 is 0 Å². The third-order valence-electron chi connectivity index (χ3n) is 3.80. The zero-order valence-electron chi connectivity index (χ0n) is 11.5. The summed E-state index contributed by atoms with van der Waals surface area (Å²) in [7, 11) is 0. The lowest BCUT2D eigenvalue weighted by molar-refractivity contribution is -0.121. The Hall–Kier alpha value is -1.89. The van der Waals surface area contributed by atoms with Crippen molar-refractivity contribution in [2.75, 3.05) is 0 Å². The molecule has 1 aromatic rings. The van der Waals surface area contributed by atoms with Crippen LogP contribution < -0.4 is 5.32 Å². The lowest BCUT2D eigenvalue weighted by Gasteiger charge is -2.26. The first-order valence-corrected chi connectivity index (χ1v) is 7.10. The van der Waals surface area contributed by atoms with Gasteiger partial charge in [0.15, 0.2) is 0 Å². The monoisotopic (exact) mass is 274 g/mol. The van der Waals surface area contributed by atoms with E-state index in [0.717, 1.165) is 25.7 Å². The fourth-order valence-electron chi connectivity index (χ4n) is 2.74. The van der Waals surface area contributed by atoms with Gasteiger partial charge in [0.25, 0.3) is 0 Å². The van der Waals surface area contributed by atoms with Crippen LogP contribution in [0, 0.1) is 17.1 Å². The zero-order chi connectivity index (χ0) is 14.4. The van der Waals surface area contributed by atoms with Crippen molar-refractivity contribution >= 4 is 5.91 Å². The molecule has 0 aliphatic heterocycles. The number of carbonyl (C=O) groups excluding carboxylic acids is 1. The average Bonchev–Trinajstić information content (AvgIpc) is 2.65. The highest BCUT2D eigenvalue weighted by molar-refractivity contribution is 5.79. The molecule has 1 saturated carbocycles. The molecule has 0 heterocycles. The molecular weight excluding hydrogens is 255 g/mol. The van der Waals surface area contributed by atoms with E-state index in [2.05, 4.69) is 11.4 Å². The summed E-state index contributed by atoms with van der Waals surface area (Å²) in [4.78, 5) is 12.1. The molecule has 1 aliphatic rings. The molecule has 1 amide bonds. The van der Waals surface area contributed by atoms with Crippen molar-refractivity contribution in [1.82, 2.24) is 5.32 Å². The van der Waals surface area contributed by atoms with Crippen LogP contribution in [0.15, 0.2) is 24.3 Å². The van der Waals surface area contributed by atoms with Crippen LogP contribution in [0.2, 0.25) is 0 Å². The number of benzene rings is 1. The molecule has 1 fully saturated rings. The Kier molecular flexibility index (Phi) is 4.73. The lowest BCUT2D eigenvalue weighted by Crippen LogP contribution is -2.47. The van der Waals surface area contributed by atoms with Crippen LogP contribution in [0.4, 0.5) is 4.39 Å². The van der Waals surface area contributed by atoms with Gasteiger partial charge in [-0.25, -0.2) is 4.39 Å². The predicted octanol–water partition coefficient (Wildman–Crippen LogP) is 3.10. The van der Waals surface area contributed by atoms with Gasteiger partial charge in [0.1, 0.15) is 11.4 Å². The molecule has 0 unspecified atom stereocenters. The van der Waals surface area contributed by atoms with Crippen molar-refractivity contribution in [3.63, 3.8) is 0 Å². The molecule has 0 bridgehead atoms. The highest BCUT2D eigenvalue weighted by Crippen LogP contribution is 2.26. The van der Waals surface area contributed by atoms with Crippen LogP contribution in [-0.4, -0.2) is 11.4 Å². The molecule has 0 aromatic heterocycles. The Morgan fingerprint density at radius 2 is 2.00 bits per heavy atom. The molecule has 0 atom stereocenters. The standard InChI is InChI=1S/C16H19FN2O/c17-14-7-5-6-13(10-14)11-15(20)19-16(12-18)8-3-1-2-4-9-16/h5-7,10H,1-4,8-9,11H2,(H,19,20). The lowest BCUT2D eigenvalue weighted by atomic mass is 9.91. The van der Waals surface area contributed by atoms with E-state index in [-0.39, 0.29) is 18.1 Å². The smallest absolute Gasteiger partial charge is 0.225 e. The van der Waals surface area contributed by atoms with Gasteiger partial charge < -0.3 is 5.32 Å². The van der Waals surface area contributed by atoms with Crippen molar-refractivity contribution in [1.29, 1.82) is 5.26 Å². The second-order valence-corrected chi connectivity index (χ2v) is 5.46. The summed E-state index contributed by atoms with van der Waals surface area (Å²) < 4.78 is 13.1. The molecule has 20 heavy (non-hydrogen) atoms. The second-order valence-electron chi connectivity index (χ2n) is 5.46. The summed E-state index contributed by atoms with van der Waals surface area (Å²) in [5.74, 6) is -0.557. The molecular formula is C16H19FN2O. The highest BCUT2D eigenvalue weighted by atomic mass is 19.1. The van der Waals surface area contributed by atoms with Gasteiger partial charge in [0, 0.05) is 0 Å². The minimum absolute atomic E-state index is 0.112. The Morgan fingerprint density at radius 3 is 2.60 bits per heavy atom. The Bertz CT molecular complexity index is 513. The summed E-state index contributed by atoms with van der Waals surface area (Å²) >= 11 is 0. The molecule has 1 aromatic carbocycles. The molecule has 0 spiro atoms. The fraction of sp³-hybridized carbons (Fsp3) is 0.500. The van der Waals surface area contributed by atoms with Gasteiger partial charge in [-0.15, -0.1) is 0 Å². The Labute approximate surface area is 118 Å². The average molecular weight is 274 g/mol. The van der Waals surface area contributed by atoms with Crippen LogP contribution in [0.5, 0.6) is 0 Å². The topological polar surface area (TPSA) is 52.9 Å². The van der Waals surface area contributed by atoms with Gasteiger partial charge >= 0.3 is 0 Å². The molecule has 0 saturated heterocycles. The van der Waals surface area contributed by atoms with Crippen LogP contribution in [0.3, 0.4) is 0 Å². The number of nitrogens with zero attached hydrogens (tertiary/aromatic N) is 1. The Balaban J connectivity index is 2.00. The summed E-state index contributed by atoms with van der Waals surface area (Å²) in [5.41, 5.74) is -0.106. The van der Waals surface area contributed by atoms with Crippen molar-refractivity contribution in [2.24, 2.45) is 0 Å². The van der Waals surface area contributed by atoms with Gasteiger partial charge in [-0.05, 0) is 30.5 Å². The van der Waals surface area contributed by atoms with Crippen molar-refractivity contribution in [3.05, 3.63) is 35.6 Å². The summed E-state index contributed by atoms with van der Waals surface area (Å²) in [5, 5.41) is 12.3. The van der Waals surface area contributed by atoms with Gasteiger partial charge in [-0.2, -0.15) is 5.26 Å². The first-order valence-electron chi connectivity index (χ1n) is 7.10. The fourth-order valence-corrected chi connectivity index (χ4v) is 2.74. The number of halogens is 1. The summed E-state index contributed by atoms with van der Waals surface area (Å²) in [6.07, 6.45) is 5.69. The van der Waals surface area contributed by atoms with Crippen molar-refractivity contribution < 1.29 is 9.18 Å². The van der Waals surface area contributed by atoms with Crippen LogP contribution in [0.25, 0.3) is 0 Å². The first kappa shape index (κ1) is 14.5. The van der Waals surface area contributed by atoms with Crippen molar-refractivity contribution in [3.8, 4) is 6.07 Å². The van der Waals surface area contributed by atoms with Crippen molar-refractivity contribution in [2.45, 2.75) is 50.5 Å². The zero-order valence-corrected chi connectivity index (χ0v) is 11.5. The van der Waals surface area contributed by atoms with E-state index in [1.165, 1.54) is 12.1 Å². The molecule has 4 heteroatoms. The number of carbonyl (C=O) groups is 1. The number of nitrogens with one attached hydrogen (secondary N) is 1. The quantitative estimate of drug-likeness (QED) is 0.861. The van der Waals surface area contributed by atoms with E-state index in [1.807, 2.05) is 0 Å². The van der Waals surface area contributed by atoms with E-state index in [9.17, 15) is 14.4 Å². The molecule has 3 nitrogen and oxygen atoms in total. The number of amides is 1. The van der Waals surface area contributed by atoms with Gasteiger partial charge in [-0.3, -0.25) is 4.79 Å². The molecule has 1 aliphatic carbocycles. The molecule has 106 valence electrons. The SMILES string of the molecule is N#CC1(NC(=O)Cc2cccc(F)c2)CCCCCC1. The minimum atomic E-state index is -0.735. The third kappa shape index (κ3) is 3.80. The van der Waals surface area contributed by atoms with E-state index < -0.39 is 5.54 Å². The largest absolute Gasteiger partial charge is 0.338 e. The molecule has 2 rings (SSSR count).